The summed E-state index contributed by atoms with van der Waals surface area (Å²) in [7, 11) is 6.10. The third-order valence-corrected chi connectivity index (χ3v) is 5.14. The van der Waals surface area contributed by atoms with Crippen molar-refractivity contribution < 1.29 is 0 Å². The van der Waals surface area contributed by atoms with E-state index in [1.54, 1.807) is 6.33 Å². The number of likely N-dealkylation sites (N-methyl/N-ethyl adjacent to an activating group) is 1. The van der Waals surface area contributed by atoms with Gasteiger partial charge in [0.25, 0.3) is 0 Å². The van der Waals surface area contributed by atoms with Gasteiger partial charge in [-0.05, 0) is 14.1 Å². The fraction of sp³-hybridized carbons (Fsp3) is 0.562. The van der Waals surface area contributed by atoms with Gasteiger partial charge < -0.3 is 15.1 Å². The maximum atomic E-state index is 4.43. The highest BCUT2D eigenvalue weighted by Crippen LogP contribution is 2.21. The van der Waals surface area contributed by atoms with E-state index in [-0.39, 0.29) is 6.04 Å². The van der Waals surface area contributed by atoms with Crippen LogP contribution in [0.1, 0.15) is 11.6 Å². The average molecular weight is 347 g/mol. The molecule has 0 radical (unpaired) electrons. The van der Waals surface area contributed by atoms with Crippen LogP contribution in [0.5, 0.6) is 0 Å². The molecule has 0 amide bonds. The molecule has 0 aliphatic carbocycles. The Morgan fingerprint density at radius 1 is 1.29 bits per heavy atom. The van der Waals surface area contributed by atoms with Gasteiger partial charge in [0, 0.05) is 56.0 Å². The smallest absolute Gasteiger partial charge is 0.134 e. The highest BCUT2D eigenvalue weighted by Gasteiger charge is 2.17. The summed E-state index contributed by atoms with van der Waals surface area (Å²) in [6, 6.07) is 2.29. The van der Waals surface area contributed by atoms with Crippen molar-refractivity contribution in [2.75, 3.05) is 55.5 Å². The summed E-state index contributed by atoms with van der Waals surface area (Å²) in [4.78, 5) is 13.3. The number of aryl methyl sites for hydroxylation is 1. The fourth-order valence-electron chi connectivity index (χ4n) is 2.82. The molecule has 0 saturated carbocycles. The SMILES string of the molecule is CN(C)[C@@H](CNc1cc(N2CCSCC2)ncn1)c1cnn(C)c1. The minimum Gasteiger partial charge on any atom is -0.368 e. The van der Waals surface area contributed by atoms with Gasteiger partial charge in [-0.3, -0.25) is 4.68 Å². The standard InChI is InChI=1S/C16H25N7S/c1-21(2)14(13-9-20-22(3)11-13)10-17-15-8-16(19-12-18-15)23-4-6-24-7-5-23/h8-9,11-12,14H,4-7,10H2,1-3H3,(H,17,18,19)/t14-/m0/s1. The number of hydrogen-bond acceptors (Lipinski definition) is 7. The molecule has 24 heavy (non-hydrogen) atoms. The molecule has 2 aromatic heterocycles. The second kappa shape index (κ2) is 7.85. The summed E-state index contributed by atoms with van der Waals surface area (Å²) in [5, 5.41) is 7.73. The zero-order valence-electron chi connectivity index (χ0n) is 14.5. The molecule has 0 spiro atoms. The van der Waals surface area contributed by atoms with E-state index in [1.807, 2.05) is 35.8 Å². The molecule has 1 aliphatic heterocycles. The summed E-state index contributed by atoms with van der Waals surface area (Å²) in [6.45, 7) is 2.87. The van der Waals surface area contributed by atoms with E-state index in [2.05, 4.69) is 50.5 Å². The Bertz CT molecular complexity index is 651. The maximum absolute atomic E-state index is 4.43. The molecule has 7 nitrogen and oxygen atoms in total. The molecule has 1 atom stereocenters. The number of rotatable bonds is 6. The van der Waals surface area contributed by atoms with Gasteiger partial charge in [-0.15, -0.1) is 0 Å². The second-order valence-corrected chi connectivity index (χ2v) is 7.39. The molecule has 1 N–H and O–H groups in total. The Kier molecular flexibility index (Phi) is 5.57. The van der Waals surface area contributed by atoms with Gasteiger partial charge in [-0.1, -0.05) is 0 Å². The number of aromatic nitrogens is 4. The number of nitrogens with one attached hydrogen (secondary N) is 1. The van der Waals surface area contributed by atoms with E-state index in [9.17, 15) is 0 Å². The van der Waals surface area contributed by atoms with Crippen molar-refractivity contribution in [1.29, 1.82) is 0 Å². The Balaban J connectivity index is 1.66. The Morgan fingerprint density at radius 2 is 2.08 bits per heavy atom. The van der Waals surface area contributed by atoms with Crippen LogP contribution >= 0.6 is 11.8 Å². The molecular weight excluding hydrogens is 322 g/mol. The van der Waals surface area contributed by atoms with Crippen LogP contribution in [0.25, 0.3) is 0 Å². The van der Waals surface area contributed by atoms with E-state index in [0.717, 1.165) is 42.8 Å². The van der Waals surface area contributed by atoms with Crippen LogP contribution < -0.4 is 10.2 Å². The van der Waals surface area contributed by atoms with Crippen molar-refractivity contribution in [2.45, 2.75) is 6.04 Å². The van der Waals surface area contributed by atoms with Gasteiger partial charge >= 0.3 is 0 Å². The van der Waals surface area contributed by atoms with Crippen LogP contribution in [0.3, 0.4) is 0 Å². The van der Waals surface area contributed by atoms with Crippen LogP contribution in [0.2, 0.25) is 0 Å². The molecule has 3 heterocycles. The maximum Gasteiger partial charge on any atom is 0.134 e. The molecule has 8 heteroatoms. The van der Waals surface area contributed by atoms with E-state index in [4.69, 9.17) is 0 Å². The molecule has 0 bridgehead atoms. The predicted octanol–water partition coefficient (Wildman–Crippen LogP) is 1.48. The molecule has 0 unspecified atom stereocenters. The summed E-state index contributed by atoms with van der Waals surface area (Å²) >= 11 is 2.00. The first-order valence-electron chi connectivity index (χ1n) is 8.17. The molecule has 130 valence electrons. The van der Waals surface area contributed by atoms with Gasteiger partial charge in [0.2, 0.25) is 0 Å². The number of anilines is 2. The normalized spacial score (nSPS) is 16.4. The molecule has 1 saturated heterocycles. The predicted molar refractivity (Wildman–Crippen MR) is 99.7 cm³/mol. The summed E-state index contributed by atoms with van der Waals surface area (Å²) in [5.74, 6) is 4.21. The summed E-state index contributed by atoms with van der Waals surface area (Å²) < 4.78 is 1.84. The zero-order valence-corrected chi connectivity index (χ0v) is 15.3. The highest BCUT2D eigenvalue weighted by atomic mass is 32.2. The number of hydrogen-bond donors (Lipinski definition) is 1. The van der Waals surface area contributed by atoms with Crippen LogP contribution in [0.15, 0.2) is 24.8 Å². The molecule has 3 rings (SSSR count). The Hall–Kier alpha value is -1.80. The highest BCUT2D eigenvalue weighted by molar-refractivity contribution is 7.99. The molecule has 2 aromatic rings. The Labute approximate surface area is 147 Å². The van der Waals surface area contributed by atoms with Crippen LogP contribution in [-0.4, -0.2) is 69.9 Å². The zero-order chi connectivity index (χ0) is 16.9. The van der Waals surface area contributed by atoms with Crippen LogP contribution in [-0.2, 0) is 7.05 Å². The van der Waals surface area contributed by atoms with Crippen molar-refractivity contribution in [1.82, 2.24) is 24.6 Å². The van der Waals surface area contributed by atoms with Gasteiger partial charge in [-0.25, -0.2) is 9.97 Å². The minimum atomic E-state index is 0.239. The monoisotopic (exact) mass is 347 g/mol. The van der Waals surface area contributed by atoms with E-state index in [0.29, 0.717) is 0 Å². The van der Waals surface area contributed by atoms with E-state index in [1.165, 1.54) is 5.56 Å². The van der Waals surface area contributed by atoms with Crippen LogP contribution in [0, 0.1) is 0 Å². The number of thioether (sulfide) groups is 1. The van der Waals surface area contributed by atoms with Crippen molar-refractivity contribution in [3.63, 3.8) is 0 Å². The van der Waals surface area contributed by atoms with Gasteiger partial charge in [0.05, 0.1) is 12.2 Å². The first-order valence-corrected chi connectivity index (χ1v) is 9.32. The summed E-state index contributed by atoms with van der Waals surface area (Å²) in [6.07, 6.45) is 5.63. The van der Waals surface area contributed by atoms with Gasteiger partial charge in [-0.2, -0.15) is 16.9 Å². The molecular formula is C16H25N7S. The fourth-order valence-corrected chi connectivity index (χ4v) is 3.72. The van der Waals surface area contributed by atoms with Crippen molar-refractivity contribution in [3.05, 3.63) is 30.4 Å². The lowest BCUT2D eigenvalue weighted by Crippen LogP contribution is -2.33. The first kappa shape index (κ1) is 17.0. The largest absolute Gasteiger partial charge is 0.368 e. The first-order chi connectivity index (χ1) is 11.6. The lowest BCUT2D eigenvalue weighted by Gasteiger charge is -2.28. The Morgan fingerprint density at radius 3 is 2.75 bits per heavy atom. The second-order valence-electron chi connectivity index (χ2n) is 6.17. The summed E-state index contributed by atoms with van der Waals surface area (Å²) in [5.41, 5.74) is 1.19. The average Bonchev–Trinajstić information content (AvgIpc) is 3.02. The van der Waals surface area contributed by atoms with Gasteiger partial charge in [0.15, 0.2) is 0 Å². The third kappa shape index (κ3) is 4.18. The van der Waals surface area contributed by atoms with E-state index < -0.39 is 0 Å². The lowest BCUT2D eigenvalue weighted by atomic mass is 10.1. The van der Waals surface area contributed by atoms with E-state index >= 15 is 0 Å². The van der Waals surface area contributed by atoms with Crippen molar-refractivity contribution in [3.8, 4) is 0 Å². The number of nitrogens with zero attached hydrogens (tertiary/aromatic N) is 6. The quantitative estimate of drug-likeness (QED) is 0.849. The van der Waals surface area contributed by atoms with Crippen molar-refractivity contribution in [2.24, 2.45) is 7.05 Å². The third-order valence-electron chi connectivity index (χ3n) is 4.20. The molecule has 1 aliphatic rings. The lowest BCUT2D eigenvalue weighted by molar-refractivity contribution is 0.311. The minimum absolute atomic E-state index is 0.239. The van der Waals surface area contributed by atoms with Crippen LogP contribution in [0.4, 0.5) is 11.6 Å². The topological polar surface area (TPSA) is 62.1 Å². The molecule has 0 aromatic carbocycles. The van der Waals surface area contributed by atoms with Crippen molar-refractivity contribution >= 4 is 23.4 Å². The molecule has 1 fully saturated rings. The van der Waals surface area contributed by atoms with Gasteiger partial charge in [0.1, 0.15) is 18.0 Å².